The molecular weight excluding hydrogens is 240 g/mol. The van der Waals surface area contributed by atoms with Gasteiger partial charge >= 0.3 is 0 Å². The normalized spacial score (nSPS) is 20.1. The molecule has 19 heavy (non-hydrogen) atoms. The van der Waals surface area contributed by atoms with Gasteiger partial charge in [-0.15, -0.1) is 0 Å². The third kappa shape index (κ3) is 3.16. The highest BCUT2D eigenvalue weighted by Crippen LogP contribution is 2.31. The lowest BCUT2D eigenvalue weighted by Gasteiger charge is -2.25. The van der Waals surface area contributed by atoms with E-state index >= 15 is 0 Å². The van der Waals surface area contributed by atoms with Gasteiger partial charge in [-0.25, -0.2) is 4.98 Å². The van der Waals surface area contributed by atoms with Crippen molar-refractivity contribution >= 4 is 11.7 Å². The Labute approximate surface area is 114 Å². The number of anilines is 1. The van der Waals surface area contributed by atoms with E-state index in [1.165, 1.54) is 6.42 Å². The molecule has 0 aliphatic carbocycles. The van der Waals surface area contributed by atoms with Gasteiger partial charge in [0.25, 0.3) is 0 Å². The van der Waals surface area contributed by atoms with Gasteiger partial charge in [0.05, 0.1) is 5.56 Å². The van der Waals surface area contributed by atoms with Crippen LogP contribution in [-0.2, 0) is 0 Å². The average molecular weight is 262 g/mol. The Hall–Kier alpha value is -1.78. The van der Waals surface area contributed by atoms with Crippen molar-refractivity contribution in [2.24, 2.45) is 16.3 Å². The second kappa shape index (κ2) is 5.47. The van der Waals surface area contributed by atoms with Crippen LogP contribution in [0.1, 0.15) is 38.7 Å². The molecule has 0 radical (unpaired) electrons. The van der Waals surface area contributed by atoms with Crippen molar-refractivity contribution in [1.29, 1.82) is 0 Å². The molecule has 0 aromatic carbocycles. The molecular formula is C14H22N4O. The maximum atomic E-state index is 8.87. The van der Waals surface area contributed by atoms with E-state index in [0.29, 0.717) is 11.0 Å². The monoisotopic (exact) mass is 262 g/mol. The summed E-state index contributed by atoms with van der Waals surface area (Å²) in [5.41, 5.74) is 6.80. The Kier molecular flexibility index (Phi) is 3.93. The van der Waals surface area contributed by atoms with E-state index in [1.54, 1.807) is 12.3 Å². The van der Waals surface area contributed by atoms with Crippen molar-refractivity contribution in [3.63, 3.8) is 0 Å². The van der Waals surface area contributed by atoms with E-state index < -0.39 is 0 Å². The quantitative estimate of drug-likeness (QED) is 0.371. The van der Waals surface area contributed by atoms with Gasteiger partial charge < -0.3 is 15.8 Å². The summed E-state index contributed by atoms with van der Waals surface area (Å²) >= 11 is 0. The molecule has 0 unspecified atom stereocenters. The molecule has 1 aliphatic heterocycles. The number of nitrogens with two attached hydrogens (primary N) is 1. The van der Waals surface area contributed by atoms with E-state index in [2.05, 4.69) is 28.9 Å². The standard InChI is InChI=1S/C14H22N4O/c1-14(2)6-4-9-18(10-7-14)13-11(12(15)17-19)5-3-8-16-13/h3,5,8,19H,4,6-7,9-10H2,1-2H3,(H2,15,17). The van der Waals surface area contributed by atoms with Crippen LogP contribution in [0.3, 0.4) is 0 Å². The van der Waals surface area contributed by atoms with Crippen LogP contribution in [0.5, 0.6) is 0 Å². The summed E-state index contributed by atoms with van der Waals surface area (Å²) in [5, 5.41) is 12.0. The van der Waals surface area contributed by atoms with Crippen molar-refractivity contribution in [3.8, 4) is 0 Å². The van der Waals surface area contributed by atoms with Gasteiger partial charge in [0.2, 0.25) is 0 Å². The van der Waals surface area contributed by atoms with Gasteiger partial charge in [-0.3, -0.25) is 0 Å². The fourth-order valence-electron chi connectivity index (χ4n) is 2.54. The highest BCUT2D eigenvalue weighted by atomic mass is 16.4. The minimum atomic E-state index is 0.117. The maximum absolute atomic E-state index is 8.87. The van der Waals surface area contributed by atoms with Crippen molar-refractivity contribution in [2.45, 2.75) is 33.1 Å². The Morgan fingerprint density at radius 3 is 2.95 bits per heavy atom. The topological polar surface area (TPSA) is 74.7 Å². The summed E-state index contributed by atoms with van der Waals surface area (Å²) in [6.45, 7) is 6.53. The Balaban J connectivity index is 2.27. The predicted octanol–water partition coefficient (Wildman–Crippen LogP) is 2.19. The Bertz CT molecular complexity index is 470. The predicted molar refractivity (Wildman–Crippen MR) is 76.6 cm³/mol. The zero-order valence-electron chi connectivity index (χ0n) is 11.6. The van der Waals surface area contributed by atoms with Gasteiger partial charge in [-0.2, -0.15) is 0 Å². The highest BCUT2D eigenvalue weighted by Gasteiger charge is 2.25. The van der Waals surface area contributed by atoms with Gasteiger partial charge in [0, 0.05) is 19.3 Å². The molecule has 0 saturated carbocycles. The van der Waals surface area contributed by atoms with E-state index in [-0.39, 0.29) is 5.84 Å². The third-order valence-electron chi connectivity index (χ3n) is 3.81. The fraction of sp³-hybridized carbons (Fsp3) is 0.571. The molecule has 1 aromatic rings. The molecule has 5 nitrogen and oxygen atoms in total. The molecule has 1 aromatic heterocycles. The van der Waals surface area contributed by atoms with E-state index in [1.807, 2.05) is 6.07 Å². The fourth-order valence-corrected chi connectivity index (χ4v) is 2.54. The lowest BCUT2D eigenvalue weighted by atomic mass is 9.85. The highest BCUT2D eigenvalue weighted by molar-refractivity contribution is 6.01. The first-order valence-electron chi connectivity index (χ1n) is 6.71. The molecule has 0 amide bonds. The molecule has 5 heteroatoms. The van der Waals surface area contributed by atoms with Crippen molar-refractivity contribution < 1.29 is 5.21 Å². The Morgan fingerprint density at radius 1 is 1.42 bits per heavy atom. The number of hydrogen-bond acceptors (Lipinski definition) is 4. The zero-order valence-corrected chi connectivity index (χ0v) is 11.6. The van der Waals surface area contributed by atoms with E-state index in [4.69, 9.17) is 10.9 Å². The summed E-state index contributed by atoms with van der Waals surface area (Å²) in [4.78, 5) is 6.65. The van der Waals surface area contributed by atoms with Gasteiger partial charge in [0.1, 0.15) is 5.82 Å². The van der Waals surface area contributed by atoms with Crippen LogP contribution in [0.25, 0.3) is 0 Å². The number of rotatable bonds is 2. The van der Waals surface area contributed by atoms with Crippen LogP contribution in [0.15, 0.2) is 23.5 Å². The molecule has 1 saturated heterocycles. The summed E-state index contributed by atoms with van der Waals surface area (Å²) in [5.74, 6) is 0.933. The smallest absolute Gasteiger partial charge is 0.173 e. The van der Waals surface area contributed by atoms with Crippen molar-refractivity contribution in [1.82, 2.24) is 4.98 Å². The molecule has 3 N–H and O–H groups in total. The molecule has 104 valence electrons. The first kappa shape index (κ1) is 13.6. The summed E-state index contributed by atoms with van der Waals surface area (Å²) in [7, 11) is 0. The van der Waals surface area contributed by atoms with Crippen molar-refractivity contribution in [3.05, 3.63) is 23.9 Å². The Morgan fingerprint density at radius 2 is 2.21 bits per heavy atom. The molecule has 2 rings (SSSR count). The van der Waals surface area contributed by atoms with Gasteiger partial charge in [-0.1, -0.05) is 19.0 Å². The first-order chi connectivity index (χ1) is 9.03. The second-order valence-electron chi connectivity index (χ2n) is 5.86. The van der Waals surface area contributed by atoms with Crippen LogP contribution < -0.4 is 10.6 Å². The maximum Gasteiger partial charge on any atom is 0.173 e. The molecule has 0 bridgehead atoms. The summed E-state index contributed by atoms with van der Waals surface area (Å²) in [6, 6.07) is 3.64. The minimum absolute atomic E-state index is 0.117. The van der Waals surface area contributed by atoms with Gasteiger partial charge in [0.15, 0.2) is 5.84 Å². The largest absolute Gasteiger partial charge is 0.409 e. The second-order valence-corrected chi connectivity index (χ2v) is 5.86. The first-order valence-corrected chi connectivity index (χ1v) is 6.71. The average Bonchev–Trinajstić information content (AvgIpc) is 2.59. The van der Waals surface area contributed by atoms with Gasteiger partial charge in [-0.05, 0) is 36.8 Å². The number of hydrogen-bond donors (Lipinski definition) is 2. The minimum Gasteiger partial charge on any atom is -0.409 e. The van der Waals surface area contributed by atoms with Crippen LogP contribution >= 0.6 is 0 Å². The third-order valence-corrected chi connectivity index (χ3v) is 3.81. The molecule has 0 spiro atoms. The van der Waals surface area contributed by atoms with Crippen LogP contribution in [0.4, 0.5) is 5.82 Å². The van der Waals surface area contributed by atoms with Crippen LogP contribution in [0, 0.1) is 5.41 Å². The lowest BCUT2D eigenvalue weighted by molar-refractivity contribution is 0.318. The number of nitrogens with zero attached hydrogens (tertiary/aromatic N) is 3. The number of amidine groups is 1. The SMILES string of the molecule is CC1(C)CCCN(c2ncccc2/C(N)=N/O)CC1. The van der Waals surface area contributed by atoms with E-state index in [0.717, 1.165) is 31.7 Å². The lowest BCUT2D eigenvalue weighted by Crippen LogP contribution is -2.29. The molecule has 1 fully saturated rings. The zero-order chi connectivity index (χ0) is 13.9. The number of aromatic nitrogens is 1. The number of oxime groups is 1. The van der Waals surface area contributed by atoms with E-state index in [9.17, 15) is 0 Å². The molecule has 1 aliphatic rings. The van der Waals surface area contributed by atoms with Crippen LogP contribution in [-0.4, -0.2) is 29.1 Å². The summed E-state index contributed by atoms with van der Waals surface area (Å²) in [6.07, 6.45) is 5.23. The molecule has 0 atom stereocenters. The summed E-state index contributed by atoms with van der Waals surface area (Å²) < 4.78 is 0. The van der Waals surface area contributed by atoms with Crippen LogP contribution in [0.2, 0.25) is 0 Å². The number of pyridine rings is 1. The molecule has 2 heterocycles. The van der Waals surface area contributed by atoms with Crippen molar-refractivity contribution in [2.75, 3.05) is 18.0 Å².